The van der Waals surface area contributed by atoms with E-state index >= 15 is 0 Å². The maximum absolute atomic E-state index is 11.4. The zero-order chi connectivity index (χ0) is 11.4. The number of ether oxygens (including phenoxy) is 1. The lowest BCUT2D eigenvalue weighted by atomic mass is 10.1. The van der Waals surface area contributed by atoms with Crippen LogP contribution in [0, 0.1) is 17.0 Å². The number of rotatable bonds is 3. The molecule has 0 aliphatic carbocycles. The van der Waals surface area contributed by atoms with Gasteiger partial charge in [0.05, 0.1) is 17.1 Å². The van der Waals surface area contributed by atoms with Crippen LogP contribution in [-0.2, 0) is 4.74 Å². The molecule has 0 bridgehead atoms. The molecule has 0 saturated heterocycles. The number of nitrogens with zero attached hydrogens (tertiary/aromatic N) is 1. The highest BCUT2D eigenvalue weighted by atomic mass is 16.6. The summed E-state index contributed by atoms with van der Waals surface area (Å²) in [6.45, 7) is 3.63. The second-order valence-electron chi connectivity index (χ2n) is 2.98. The minimum absolute atomic E-state index is 0.0273. The highest BCUT2D eigenvalue weighted by molar-refractivity contribution is 5.91. The Morgan fingerprint density at radius 2 is 2.20 bits per heavy atom. The fraction of sp³-hybridized carbons (Fsp3) is 0.300. The van der Waals surface area contributed by atoms with Crippen molar-refractivity contribution >= 4 is 11.7 Å². The van der Waals surface area contributed by atoms with Crippen molar-refractivity contribution in [3.05, 3.63) is 39.4 Å². The third-order valence-corrected chi connectivity index (χ3v) is 1.92. The summed E-state index contributed by atoms with van der Waals surface area (Å²) in [6, 6.07) is 4.05. The monoisotopic (exact) mass is 209 g/mol. The Balaban J connectivity index is 3.03. The van der Waals surface area contributed by atoms with Crippen LogP contribution in [0.4, 0.5) is 5.69 Å². The Labute approximate surface area is 86.8 Å². The van der Waals surface area contributed by atoms with Crippen molar-refractivity contribution in [2.75, 3.05) is 6.61 Å². The quantitative estimate of drug-likeness (QED) is 0.434. The van der Waals surface area contributed by atoms with Gasteiger partial charge in [0.2, 0.25) is 0 Å². The van der Waals surface area contributed by atoms with Crippen LogP contribution in [0.5, 0.6) is 0 Å². The molecule has 0 aliphatic heterocycles. The summed E-state index contributed by atoms with van der Waals surface area (Å²) in [6.07, 6.45) is 0. The maximum Gasteiger partial charge on any atom is 0.338 e. The zero-order valence-corrected chi connectivity index (χ0v) is 8.52. The minimum atomic E-state index is -0.498. The van der Waals surface area contributed by atoms with E-state index in [1.807, 2.05) is 0 Å². The molecule has 1 rings (SSSR count). The van der Waals surface area contributed by atoms with Crippen LogP contribution < -0.4 is 0 Å². The van der Waals surface area contributed by atoms with Crippen molar-refractivity contribution in [2.24, 2.45) is 0 Å². The van der Waals surface area contributed by atoms with E-state index in [-0.39, 0.29) is 12.3 Å². The van der Waals surface area contributed by atoms with Crippen LogP contribution in [-0.4, -0.2) is 17.5 Å². The first-order chi connectivity index (χ1) is 7.06. The van der Waals surface area contributed by atoms with Gasteiger partial charge in [0.1, 0.15) is 0 Å². The molecule has 0 aromatic heterocycles. The first-order valence-electron chi connectivity index (χ1n) is 4.48. The summed E-state index contributed by atoms with van der Waals surface area (Å²) in [5.74, 6) is -0.454. The fourth-order valence-electron chi connectivity index (χ4n) is 1.20. The number of carbonyl (C=O) groups is 1. The van der Waals surface area contributed by atoms with Gasteiger partial charge in [-0.25, -0.2) is 4.79 Å². The van der Waals surface area contributed by atoms with Gasteiger partial charge in [-0.15, -0.1) is 0 Å². The average molecular weight is 209 g/mol. The van der Waals surface area contributed by atoms with Crippen molar-refractivity contribution in [1.29, 1.82) is 0 Å². The van der Waals surface area contributed by atoms with Crippen molar-refractivity contribution in [3.8, 4) is 0 Å². The Morgan fingerprint density at radius 3 is 2.67 bits per heavy atom. The number of nitro groups is 1. The largest absolute Gasteiger partial charge is 0.462 e. The molecule has 5 heteroatoms. The number of non-ortho nitro benzene ring substituents is 1. The molecule has 0 unspecified atom stereocenters. The molecule has 80 valence electrons. The highest BCUT2D eigenvalue weighted by Gasteiger charge is 2.13. The van der Waals surface area contributed by atoms with E-state index in [0.717, 1.165) is 0 Å². The van der Waals surface area contributed by atoms with E-state index in [1.54, 1.807) is 13.8 Å². The van der Waals surface area contributed by atoms with Gasteiger partial charge in [-0.05, 0) is 25.5 Å². The van der Waals surface area contributed by atoms with Crippen LogP contribution in [0.15, 0.2) is 18.2 Å². The summed E-state index contributed by atoms with van der Waals surface area (Å²) < 4.78 is 4.80. The van der Waals surface area contributed by atoms with Gasteiger partial charge < -0.3 is 4.74 Å². The fourth-order valence-corrected chi connectivity index (χ4v) is 1.20. The number of nitro benzene ring substituents is 1. The van der Waals surface area contributed by atoms with Crippen molar-refractivity contribution in [3.63, 3.8) is 0 Å². The van der Waals surface area contributed by atoms with E-state index in [1.165, 1.54) is 18.2 Å². The molecular formula is C10H11NO4. The molecule has 0 spiro atoms. The van der Waals surface area contributed by atoms with Gasteiger partial charge in [0, 0.05) is 12.1 Å². The molecule has 0 N–H and O–H groups in total. The van der Waals surface area contributed by atoms with Gasteiger partial charge in [-0.2, -0.15) is 0 Å². The Hall–Kier alpha value is -1.91. The molecule has 0 fully saturated rings. The number of hydrogen-bond donors (Lipinski definition) is 0. The first-order valence-corrected chi connectivity index (χ1v) is 4.48. The normalized spacial score (nSPS) is 9.73. The summed E-state index contributed by atoms with van der Waals surface area (Å²) in [7, 11) is 0. The van der Waals surface area contributed by atoms with E-state index in [9.17, 15) is 14.9 Å². The third kappa shape index (κ3) is 2.52. The number of esters is 1. The SMILES string of the molecule is CCOC(=O)c1ccc([N+](=O)[O-])cc1C. The van der Waals surface area contributed by atoms with Crippen LogP contribution in [0.25, 0.3) is 0 Å². The molecule has 0 saturated carbocycles. The van der Waals surface area contributed by atoms with E-state index in [4.69, 9.17) is 4.74 Å². The van der Waals surface area contributed by atoms with E-state index < -0.39 is 10.9 Å². The lowest BCUT2D eigenvalue weighted by Gasteiger charge is -2.04. The van der Waals surface area contributed by atoms with Crippen molar-refractivity contribution < 1.29 is 14.5 Å². The number of benzene rings is 1. The van der Waals surface area contributed by atoms with Gasteiger partial charge >= 0.3 is 5.97 Å². The van der Waals surface area contributed by atoms with E-state index in [0.29, 0.717) is 11.1 Å². The van der Waals surface area contributed by atoms with E-state index in [2.05, 4.69) is 0 Å². The third-order valence-electron chi connectivity index (χ3n) is 1.92. The van der Waals surface area contributed by atoms with Gasteiger partial charge in [-0.3, -0.25) is 10.1 Å². The molecule has 0 amide bonds. The van der Waals surface area contributed by atoms with Crippen LogP contribution >= 0.6 is 0 Å². The van der Waals surface area contributed by atoms with Gasteiger partial charge in [0.25, 0.3) is 5.69 Å². The number of hydrogen-bond acceptors (Lipinski definition) is 4. The molecule has 1 aromatic carbocycles. The second kappa shape index (κ2) is 4.54. The topological polar surface area (TPSA) is 69.4 Å². The molecule has 5 nitrogen and oxygen atoms in total. The lowest BCUT2D eigenvalue weighted by molar-refractivity contribution is -0.384. The molecule has 0 radical (unpaired) electrons. The van der Waals surface area contributed by atoms with Crippen LogP contribution in [0.2, 0.25) is 0 Å². The number of aryl methyl sites for hydroxylation is 1. The molecule has 0 atom stereocenters. The lowest BCUT2D eigenvalue weighted by Crippen LogP contribution is -2.06. The average Bonchev–Trinajstić information content (AvgIpc) is 2.17. The van der Waals surface area contributed by atoms with Crippen LogP contribution in [0.1, 0.15) is 22.8 Å². The van der Waals surface area contributed by atoms with Crippen molar-refractivity contribution in [1.82, 2.24) is 0 Å². The van der Waals surface area contributed by atoms with Gasteiger partial charge in [-0.1, -0.05) is 0 Å². The molecule has 1 aromatic rings. The Bertz CT molecular complexity index is 400. The zero-order valence-electron chi connectivity index (χ0n) is 8.52. The first kappa shape index (κ1) is 11.2. The van der Waals surface area contributed by atoms with Gasteiger partial charge in [0.15, 0.2) is 0 Å². The summed E-state index contributed by atoms with van der Waals surface area (Å²) >= 11 is 0. The molecular weight excluding hydrogens is 198 g/mol. The van der Waals surface area contributed by atoms with Crippen LogP contribution in [0.3, 0.4) is 0 Å². The molecule has 0 heterocycles. The second-order valence-corrected chi connectivity index (χ2v) is 2.98. The standard InChI is InChI=1S/C10H11NO4/c1-3-15-10(12)9-5-4-8(11(13)14)6-7(9)2/h4-6H,3H2,1-2H3. The summed E-state index contributed by atoms with van der Waals surface area (Å²) in [4.78, 5) is 21.3. The smallest absolute Gasteiger partial charge is 0.338 e. The number of carbonyl (C=O) groups excluding carboxylic acids is 1. The predicted molar refractivity (Wildman–Crippen MR) is 53.8 cm³/mol. The predicted octanol–water partition coefficient (Wildman–Crippen LogP) is 2.08. The summed E-state index contributed by atoms with van der Waals surface area (Å²) in [5.41, 5.74) is 0.880. The highest BCUT2D eigenvalue weighted by Crippen LogP contribution is 2.17. The Morgan fingerprint density at radius 1 is 1.53 bits per heavy atom. The summed E-state index contributed by atoms with van der Waals surface area (Å²) in [5, 5.41) is 10.4. The Kier molecular flexibility index (Phi) is 3.38. The maximum atomic E-state index is 11.4. The van der Waals surface area contributed by atoms with Crippen molar-refractivity contribution in [2.45, 2.75) is 13.8 Å². The molecule has 0 aliphatic rings. The molecule has 15 heavy (non-hydrogen) atoms. The minimum Gasteiger partial charge on any atom is -0.462 e.